The lowest BCUT2D eigenvalue weighted by Gasteiger charge is -2.20. The number of anilines is 2. The van der Waals surface area contributed by atoms with Gasteiger partial charge in [0.15, 0.2) is 12.3 Å². The van der Waals surface area contributed by atoms with Gasteiger partial charge in [0, 0.05) is 25.0 Å². The van der Waals surface area contributed by atoms with Crippen LogP contribution in [0.5, 0.6) is 0 Å². The summed E-state index contributed by atoms with van der Waals surface area (Å²) in [6, 6.07) is 12.7. The number of aromatic amines is 1. The van der Waals surface area contributed by atoms with Gasteiger partial charge in [-0.2, -0.15) is 5.26 Å². The standard InChI is InChI=1S/C27H30N6O5/c1-5-11-32-17(2)12-20(18(32)3)13-21(14-28)26(36)38-16-22(34)31(4)23-24(29)33(27(37)30-25(23)35)15-19-9-7-6-8-10-19/h6-10,12-13H,5,11,15-16,29H2,1-4H3,(H,30,35,37)/b21-13-. The first-order valence-electron chi connectivity index (χ1n) is 12.0. The first-order valence-corrected chi connectivity index (χ1v) is 12.0. The highest BCUT2D eigenvalue weighted by Crippen LogP contribution is 2.20. The van der Waals surface area contributed by atoms with E-state index in [4.69, 9.17) is 10.5 Å². The average Bonchev–Trinajstić information content (AvgIpc) is 3.16. The fraction of sp³-hybridized carbons (Fsp3) is 0.296. The van der Waals surface area contributed by atoms with Crippen LogP contribution in [0.2, 0.25) is 0 Å². The van der Waals surface area contributed by atoms with E-state index in [0.29, 0.717) is 5.56 Å². The molecule has 0 spiro atoms. The summed E-state index contributed by atoms with van der Waals surface area (Å²) in [5.41, 5.74) is 7.35. The van der Waals surface area contributed by atoms with Gasteiger partial charge in [0.25, 0.3) is 11.5 Å². The SMILES string of the molecule is CCCn1c(C)cc(/C=C(/C#N)C(=O)OCC(=O)N(C)c2c(N)n(Cc3ccccc3)c(=O)[nH]c2=O)c1C. The van der Waals surface area contributed by atoms with Gasteiger partial charge >= 0.3 is 11.7 Å². The Bertz CT molecular complexity index is 1540. The zero-order chi connectivity index (χ0) is 28.0. The monoisotopic (exact) mass is 518 g/mol. The third kappa shape index (κ3) is 5.92. The molecule has 0 aliphatic rings. The minimum atomic E-state index is -0.981. The van der Waals surface area contributed by atoms with Crippen LogP contribution in [0.25, 0.3) is 6.08 Å². The molecule has 0 unspecified atom stereocenters. The van der Waals surface area contributed by atoms with Crippen LogP contribution in [0.3, 0.4) is 0 Å². The van der Waals surface area contributed by atoms with Crippen LogP contribution in [0.4, 0.5) is 11.5 Å². The lowest BCUT2D eigenvalue weighted by molar-refractivity contribution is -0.143. The number of rotatable bonds is 9. The molecule has 11 nitrogen and oxygen atoms in total. The van der Waals surface area contributed by atoms with Gasteiger partial charge in [0.2, 0.25) is 0 Å². The van der Waals surface area contributed by atoms with Crippen molar-refractivity contribution in [3.8, 4) is 6.07 Å². The number of nitrogens with one attached hydrogen (secondary N) is 1. The van der Waals surface area contributed by atoms with Crippen LogP contribution >= 0.6 is 0 Å². The molecule has 3 rings (SSSR count). The van der Waals surface area contributed by atoms with Gasteiger partial charge in [-0.25, -0.2) is 9.59 Å². The number of H-pyrrole nitrogens is 1. The van der Waals surface area contributed by atoms with Crippen LogP contribution in [-0.4, -0.2) is 39.6 Å². The molecule has 1 aromatic carbocycles. The minimum absolute atomic E-state index is 0.0709. The summed E-state index contributed by atoms with van der Waals surface area (Å²) in [7, 11) is 1.28. The molecule has 11 heteroatoms. The summed E-state index contributed by atoms with van der Waals surface area (Å²) in [4.78, 5) is 53.3. The quantitative estimate of drug-likeness (QED) is 0.250. The number of amides is 1. The summed E-state index contributed by atoms with van der Waals surface area (Å²) in [6.07, 6.45) is 2.35. The molecule has 198 valence electrons. The molecule has 0 radical (unpaired) electrons. The van der Waals surface area contributed by atoms with Crippen molar-refractivity contribution < 1.29 is 14.3 Å². The lowest BCUT2D eigenvalue weighted by atomic mass is 10.1. The number of nitrogens with two attached hydrogens (primary N) is 1. The van der Waals surface area contributed by atoms with Gasteiger partial charge in [0.1, 0.15) is 17.5 Å². The lowest BCUT2D eigenvalue weighted by Crippen LogP contribution is -2.40. The van der Waals surface area contributed by atoms with E-state index in [1.807, 2.05) is 32.0 Å². The van der Waals surface area contributed by atoms with Crippen molar-refractivity contribution in [2.75, 3.05) is 24.3 Å². The molecule has 3 aromatic rings. The number of carbonyl (C=O) groups excluding carboxylic acids is 2. The first-order chi connectivity index (χ1) is 18.1. The van der Waals surface area contributed by atoms with Gasteiger partial charge in [-0.1, -0.05) is 37.3 Å². The maximum absolute atomic E-state index is 12.8. The number of hydrogen-bond donors (Lipinski definition) is 2. The van der Waals surface area contributed by atoms with E-state index in [-0.39, 0.29) is 23.6 Å². The maximum Gasteiger partial charge on any atom is 0.349 e. The maximum atomic E-state index is 12.8. The predicted octanol–water partition coefficient (Wildman–Crippen LogP) is 2.11. The Morgan fingerprint density at radius 2 is 1.87 bits per heavy atom. The van der Waals surface area contributed by atoms with E-state index in [0.717, 1.165) is 39.4 Å². The first kappa shape index (κ1) is 27.7. The normalized spacial score (nSPS) is 11.2. The highest BCUT2D eigenvalue weighted by molar-refractivity contribution is 6.01. The van der Waals surface area contributed by atoms with Gasteiger partial charge in [-0.15, -0.1) is 0 Å². The van der Waals surface area contributed by atoms with Crippen molar-refractivity contribution in [1.82, 2.24) is 14.1 Å². The Morgan fingerprint density at radius 3 is 2.50 bits per heavy atom. The van der Waals surface area contributed by atoms with Gasteiger partial charge in [0.05, 0.1) is 6.54 Å². The fourth-order valence-electron chi connectivity index (χ4n) is 4.08. The zero-order valence-electron chi connectivity index (χ0n) is 21.8. The van der Waals surface area contributed by atoms with Gasteiger partial charge < -0.3 is 19.9 Å². The molecular formula is C27H30N6O5. The Morgan fingerprint density at radius 1 is 1.18 bits per heavy atom. The molecule has 1 amide bonds. The molecule has 0 atom stereocenters. The number of nitriles is 1. The number of carbonyl (C=O) groups is 2. The Labute approximate surface area is 219 Å². The number of hydrogen-bond acceptors (Lipinski definition) is 7. The third-order valence-electron chi connectivity index (χ3n) is 6.13. The van der Waals surface area contributed by atoms with Crippen LogP contribution in [0.15, 0.2) is 51.6 Å². The number of benzene rings is 1. The largest absolute Gasteiger partial charge is 0.451 e. The van der Waals surface area contributed by atoms with Crippen LogP contribution < -0.4 is 21.9 Å². The molecule has 0 saturated heterocycles. The second-order valence-corrected chi connectivity index (χ2v) is 8.74. The van der Waals surface area contributed by atoms with E-state index in [2.05, 4.69) is 16.5 Å². The van der Waals surface area contributed by atoms with E-state index in [1.54, 1.807) is 24.3 Å². The van der Waals surface area contributed by atoms with Crippen molar-refractivity contribution in [2.45, 2.75) is 40.3 Å². The molecule has 0 bridgehead atoms. The second-order valence-electron chi connectivity index (χ2n) is 8.74. The summed E-state index contributed by atoms with van der Waals surface area (Å²) in [5, 5.41) is 9.52. The molecule has 2 heterocycles. The topological polar surface area (TPSA) is 156 Å². The van der Waals surface area contributed by atoms with Gasteiger partial charge in [-0.3, -0.25) is 19.1 Å². The number of aryl methyl sites for hydroxylation is 1. The highest BCUT2D eigenvalue weighted by atomic mass is 16.5. The van der Waals surface area contributed by atoms with E-state index >= 15 is 0 Å². The van der Waals surface area contributed by atoms with E-state index < -0.39 is 29.7 Å². The number of aromatic nitrogens is 3. The third-order valence-corrected chi connectivity index (χ3v) is 6.13. The summed E-state index contributed by atoms with van der Waals surface area (Å²) in [5.74, 6) is -1.98. The Balaban J connectivity index is 1.78. The second kappa shape index (κ2) is 11.9. The van der Waals surface area contributed by atoms with Crippen molar-refractivity contribution in [1.29, 1.82) is 5.26 Å². The van der Waals surface area contributed by atoms with E-state index in [9.17, 15) is 24.4 Å². The molecule has 0 fully saturated rings. The van der Waals surface area contributed by atoms with Crippen molar-refractivity contribution in [3.63, 3.8) is 0 Å². The van der Waals surface area contributed by atoms with Crippen molar-refractivity contribution >= 4 is 29.5 Å². The molecular weight excluding hydrogens is 488 g/mol. The molecule has 2 aromatic heterocycles. The number of nitrogen functional groups attached to an aromatic ring is 1. The van der Waals surface area contributed by atoms with Crippen LogP contribution in [-0.2, 0) is 27.4 Å². The number of likely N-dealkylation sites (N-methyl/N-ethyl adjacent to an activating group) is 1. The summed E-state index contributed by atoms with van der Waals surface area (Å²) in [6.45, 7) is 6.02. The average molecular weight is 519 g/mol. The number of nitrogens with zero attached hydrogens (tertiary/aromatic N) is 4. The Hall–Kier alpha value is -4.85. The van der Waals surface area contributed by atoms with Gasteiger partial charge in [-0.05, 0) is 43.5 Å². The predicted molar refractivity (Wildman–Crippen MR) is 143 cm³/mol. The van der Waals surface area contributed by atoms with E-state index in [1.165, 1.54) is 13.1 Å². The zero-order valence-corrected chi connectivity index (χ0v) is 21.8. The molecule has 0 saturated carbocycles. The molecule has 38 heavy (non-hydrogen) atoms. The number of esters is 1. The highest BCUT2D eigenvalue weighted by Gasteiger charge is 2.23. The molecule has 0 aliphatic carbocycles. The summed E-state index contributed by atoms with van der Waals surface area (Å²) >= 11 is 0. The molecule has 3 N–H and O–H groups in total. The number of ether oxygens (including phenoxy) is 1. The van der Waals surface area contributed by atoms with Crippen molar-refractivity contribution in [3.05, 3.63) is 85.3 Å². The summed E-state index contributed by atoms with van der Waals surface area (Å²) < 4.78 is 8.30. The minimum Gasteiger partial charge on any atom is -0.451 e. The van der Waals surface area contributed by atoms with Crippen molar-refractivity contribution in [2.24, 2.45) is 0 Å². The Kier molecular flexibility index (Phi) is 8.70. The molecule has 0 aliphatic heterocycles. The smallest absolute Gasteiger partial charge is 0.349 e. The van der Waals surface area contributed by atoms with Crippen LogP contribution in [0, 0.1) is 25.2 Å². The van der Waals surface area contributed by atoms with Crippen LogP contribution in [0.1, 0.15) is 35.9 Å². The fourth-order valence-corrected chi connectivity index (χ4v) is 4.08.